The fourth-order valence-corrected chi connectivity index (χ4v) is 2.09. The number of hydrogen-bond donors (Lipinski definition) is 0. The van der Waals surface area contributed by atoms with Gasteiger partial charge >= 0.3 is 0 Å². The van der Waals surface area contributed by atoms with Gasteiger partial charge in [0.1, 0.15) is 0 Å². The highest BCUT2D eigenvalue weighted by Crippen LogP contribution is 2.27. The Morgan fingerprint density at radius 2 is 1.79 bits per heavy atom. The molecule has 0 amide bonds. The third-order valence-corrected chi connectivity index (χ3v) is 3.37. The van der Waals surface area contributed by atoms with Crippen LogP contribution in [0.25, 0.3) is 17.0 Å². The van der Waals surface area contributed by atoms with Gasteiger partial charge in [-0.1, -0.05) is 52.7 Å². The molecule has 1 aromatic heterocycles. The third kappa shape index (κ3) is 2.50. The average molecular weight is 252 g/mol. The molecule has 3 rings (SSSR count). The molecule has 0 radical (unpaired) electrons. The molecule has 1 aliphatic rings. The summed E-state index contributed by atoms with van der Waals surface area (Å²) in [6, 6.07) is 8.14. The van der Waals surface area contributed by atoms with Crippen LogP contribution in [0.15, 0.2) is 46.5 Å². The second-order valence-electron chi connectivity index (χ2n) is 4.99. The Morgan fingerprint density at radius 3 is 2.47 bits per heavy atom. The molecule has 0 N–H and O–H groups in total. The highest BCUT2D eigenvalue weighted by molar-refractivity contribution is 5.64. The summed E-state index contributed by atoms with van der Waals surface area (Å²) in [7, 11) is 0. The molecule has 19 heavy (non-hydrogen) atoms. The zero-order valence-electron chi connectivity index (χ0n) is 11.2. The molecular formula is C16H16N2O. The van der Waals surface area contributed by atoms with E-state index < -0.39 is 0 Å². The van der Waals surface area contributed by atoms with Crippen LogP contribution < -0.4 is 0 Å². The first-order chi connectivity index (χ1) is 9.22. The number of allylic oxidation sites excluding steroid dienone is 4. The molecule has 2 aromatic rings. The number of rotatable bonds is 2. The van der Waals surface area contributed by atoms with Crippen molar-refractivity contribution in [1.82, 2.24) is 10.1 Å². The van der Waals surface area contributed by atoms with Crippen LogP contribution in [0.1, 0.15) is 31.2 Å². The highest BCUT2D eigenvalue weighted by atomic mass is 16.5. The molecule has 0 fully saturated rings. The summed E-state index contributed by atoms with van der Waals surface area (Å²) in [4.78, 5) is 4.48. The Balaban J connectivity index is 1.89. The summed E-state index contributed by atoms with van der Waals surface area (Å²) >= 11 is 0. The first kappa shape index (κ1) is 11.9. The molecule has 0 unspecified atom stereocenters. The minimum atomic E-state index is 0.638. The number of aromatic nitrogens is 2. The molecule has 3 heteroatoms. The fourth-order valence-electron chi connectivity index (χ4n) is 2.09. The van der Waals surface area contributed by atoms with Gasteiger partial charge in [-0.05, 0) is 26.7 Å². The summed E-state index contributed by atoms with van der Waals surface area (Å²) < 4.78 is 5.37. The average Bonchev–Trinajstić information content (AvgIpc) is 2.90. The lowest BCUT2D eigenvalue weighted by molar-refractivity contribution is 0.406. The summed E-state index contributed by atoms with van der Waals surface area (Å²) in [6.45, 7) is 4.20. The fraction of sp³-hybridized carbons (Fsp3) is 0.250. The maximum absolute atomic E-state index is 5.37. The molecule has 0 spiro atoms. The lowest BCUT2D eigenvalue weighted by atomic mass is 10.00. The van der Waals surface area contributed by atoms with Crippen LogP contribution in [0, 0.1) is 6.92 Å². The van der Waals surface area contributed by atoms with Gasteiger partial charge in [0, 0.05) is 11.1 Å². The van der Waals surface area contributed by atoms with Crippen molar-refractivity contribution < 1.29 is 4.52 Å². The van der Waals surface area contributed by atoms with Gasteiger partial charge < -0.3 is 4.52 Å². The number of aryl methyl sites for hydroxylation is 1. The highest BCUT2D eigenvalue weighted by Gasteiger charge is 2.14. The maximum Gasteiger partial charge on any atom is 0.254 e. The lowest BCUT2D eigenvalue weighted by Gasteiger charge is -2.07. The molecule has 1 heterocycles. The molecule has 0 aliphatic heterocycles. The van der Waals surface area contributed by atoms with Crippen LogP contribution in [-0.2, 0) is 0 Å². The Kier molecular flexibility index (Phi) is 3.03. The minimum absolute atomic E-state index is 0.638. The molecule has 96 valence electrons. The van der Waals surface area contributed by atoms with E-state index in [1.54, 1.807) is 0 Å². The van der Waals surface area contributed by atoms with Crippen molar-refractivity contribution in [3.63, 3.8) is 0 Å². The standard InChI is InChI=1S/C16H16N2O/c1-11-3-7-13(8-4-11)15-17-16(19-18-15)14-9-5-12(2)6-10-14/h3-5,7-9H,6,10H2,1-2H3. The van der Waals surface area contributed by atoms with E-state index in [9.17, 15) is 0 Å². The topological polar surface area (TPSA) is 38.9 Å². The number of nitrogens with zero attached hydrogens (tertiary/aromatic N) is 2. The summed E-state index contributed by atoms with van der Waals surface area (Å²) in [5, 5.41) is 4.06. The van der Waals surface area contributed by atoms with Crippen LogP contribution in [-0.4, -0.2) is 10.1 Å². The van der Waals surface area contributed by atoms with Crippen LogP contribution in [0.4, 0.5) is 0 Å². The smallest absolute Gasteiger partial charge is 0.254 e. The maximum atomic E-state index is 5.37. The van der Waals surface area contributed by atoms with E-state index in [1.165, 1.54) is 11.1 Å². The van der Waals surface area contributed by atoms with Crippen molar-refractivity contribution in [2.45, 2.75) is 26.7 Å². The predicted molar refractivity (Wildman–Crippen MR) is 75.4 cm³/mol. The Bertz CT molecular complexity index is 648. The summed E-state index contributed by atoms with van der Waals surface area (Å²) in [6.07, 6.45) is 6.23. The Hall–Kier alpha value is -2.16. The van der Waals surface area contributed by atoms with Gasteiger partial charge in [0.05, 0.1) is 0 Å². The summed E-state index contributed by atoms with van der Waals surface area (Å²) in [5.74, 6) is 1.29. The largest absolute Gasteiger partial charge is 0.334 e. The molecule has 0 atom stereocenters. The van der Waals surface area contributed by atoms with E-state index in [0.717, 1.165) is 24.0 Å². The van der Waals surface area contributed by atoms with Crippen molar-refractivity contribution in [1.29, 1.82) is 0 Å². The Labute approximate surface area is 112 Å². The van der Waals surface area contributed by atoms with E-state index in [1.807, 2.05) is 12.1 Å². The van der Waals surface area contributed by atoms with Gasteiger partial charge in [-0.25, -0.2) is 0 Å². The molecule has 1 aliphatic carbocycles. The van der Waals surface area contributed by atoms with E-state index >= 15 is 0 Å². The first-order valence-corrected chi connectivity index (χ1v) is 6.50. The van der Waals surface area contributed by atoms with Crippen molar-refractivity contribution in [2.75, 3.05) is 0 Å². The second-order valence-corrected chi connectivity index (χ2v) is 4.99. The molecule has 3 nitrogen and oxygen atoms in total. The number of benzene rings is 1. The molecule has 0 saturated heterocycles. The molecular weight excluding hydrogens is 236 g/mol. The van der Waals surface area contributed by atoms with Gasteiger partial charge in [-0.3, -0.25) is 0 Å². The van der Waals surface area contributed by atoms with E-state index in [2.05, 4.69) is 48.3 Å². The van der Waals surface area contributed by atoms with Crippen LogP contribution >= 0.6 is 0 Å². The van der Waals surface area contributed by atoms with E-state index in [0.29, 0.717) is 11.7 Å². The molecule has 1 aromatic carbocycles. The van der Waals surface area contributed by atoms with Crippen LogP contribution in [0.3, 0.4) is 0 Å². The number of hydrogen-bond acceptors (Lipinski definition) is 3. The minimum Gasteiger partial charge on any atom is -0.334 e. The third-order valence-electron chi connectivity index (χ3n) is 3.37. The van der Waals surface area contributed by atoms with Gasteiger partial charge in [-0.2, -0.15) is 4.98 Å². The monoisotopic (exact) mass is 252 g/mol. The summed E-state index contributed by atoms with van der Waals surface area (Å²) in [5.41, 5.74) is 4.73. The van der Waals surface area contributed by atoms with Gasteiger partial charge in [-0.15, -0.1) is 0 Å². The van der Waals surface area contributed by atoms with Crippen LogP contribution in [0.2, 0.25) is 0 Å². The zero-order chi connectivity index (χ0) is 13.2. The predicted octanol–water partition coefficient (Wildman–Crippen LogP) is 4.17. The SMILES string of the molecule is CC1=CC=C(c2nc(-c3ccc(C)cc3)no2)CC1. The molecule has 0 bridgehead atoms. The van der Waals surface area contributed by atoms with Crippen molar-refractivity contribution in [3.8, 4) is 11.4 Å². The Morgan fingerprint density at radius 1 is 1.00 bits per heavy atom. The van der Waals surface area contributed by atoms with Crippen LogP contribution in [0.5, 0.6) is 0 Å². The first-order valence-electron chi connectivity index (χ1n) is 6.50. The van der Waals surface area contributed by atoms with Gasteiger partial charge in [0.2, 0.25) is 5.82 Å². The lowest BCUT2D eigenvalue weighted by Crippen LogP contribution is -1.91. The van der Waals surface area contributed by atoms with E-state index in [-0.39, 0.29) is 0 Å². The normalized spacial score (nSPS) is 15.1. The van der Waals surface area contributed by atoms with Crippen molar-refractivity contribution >= 4 is 5.57 Å². The zero-order valence-corrected chi connectivity index (χ0v) is 11.2. The van der Waals surface area contributed by atoms with E-state index in [4.69, 9.17) is 4.52 Å². The van der Waals surface area contributed by atoms with Gasteiger partial charge in [0.15, 0.2) is 0 Å². The van der Waals surface area contributed by atoms with Crippen molar-refractivity contribution in [3.05, 3.63) is 53.4 Å². The van der Waals surface area contributed by atoms with Crippen molar-refractivity contribution in [2.24, 2.45) is 0 Å². The van der Waals surface area contributed by atoms with Gasteiger partial charge in [0.25, 0.3) is 5.89 Å². The second kappa shape index (κ2) is 4.84. The molecule has 0 saturated carbocycles. The quantitative estimate of drug-likeness (QED) is 0.805.